The van der Waals surface area contributed by atoms with Gasteiger partial charge in [-0.15, -0.1) is 13.2 Å². The quantitative estimate of drug-likeness (QED) is 0.628. The van der Waals surface area contributed by atoms with Crippen LogP contribution < -0.4 is 10.5 Å². The molecule has 1 aromatic heterocycles. The lowest BCUT2D eigenvalue weighted by molar-refractivity contribution is -0.275. The maximum atomic E-state index is 12.5. The molecule has 0 atom stereocenters. The summed E-state index contributed by atoms with van der Waals surface area (Å²) < 4.78 is 76.5. The Morgan fingerprint density at radius 1 is 1.22 bits per heavy atom. The van der Waals surface area contributed by atoms with Gasteiger partial charge in [-0.25, -0.2) is 0 Å². The number of pyridine rings is 1. The molecule has 0 aliphatic carbocycles. The molecule has 0 aliphatic heterocycles. The van der Waals surface area contributed by atoms with Gasteiger partial charge in [0.1, 0.15) is 0 Å². The van der Waals surface area contributed by atoms with Gasteiger partial charge in [-0.05, 0) is 22.6 Å². The number of hydrogen-bond acceptors (Lipinski definition) is 3. The molecule has 0 aliphatic rings. The van der Waals surface area contributed by atoms with Crippen molar-refractivity contribution < 1.29 is 31.1 Å². The molecule has 102 valence electrons. The Bertz CT molecular complexity index is 444. The van der Waals surface area contributed by atoms with E-state index in [2.05, 4.69) is 9.72 Å². The molecule has 0 unspecified atom stereocenters. The normalized spacial score (nSPS) is 12.7. The summed E-state index contributed by atoms with van der Waals surface area (Å²) in [6, 6.07) is 0. The lowest BCUT2D eigenvalue weighted by Gasteiger charge is -2.16. The van der Waals surface area contributed by atoms with Gasteiger partial charge in [0.25, 0.3) is 0 Å². The van der Waals surface area contributed by atoms with Crippen molar-refractivity contribution in [2.75, 3.05) is 0 Å². The van der Waals surface area contributed by atoms with Gasteiger partial charge >= 0.3 is 12.5 Å². The van der Waals surface area contributed by atoms with Crippen LogP contribution >= 0.6 is 22.6 Å². The number of nitrogens with two attached hydrogens (primary N) is 1. The largest absolute Gasteiger partial charge is 0.573 e. The Labute approximate surface area is 110 Å². The van der Waals surface area contributed by atoms with Crippen LogP contribution in [0.5, 0.6) is 5.75 Å². The summed E-state index contributed by atoms with van der Waals surface area (Å²) in [6.45, 7) is -0.424. The van der Waals surface area contributed by atoms with Crippen molar-refractivity contribution in [3.8, 4) is 5.75 Å². The van der Waals surface area contributed by atoms with Crippen LogP contribution in [0.25, 0.3) is 0 Å². The van der Waals surface area contributed by atoms with Crippen LogP contribution in [0.4, 0.5) is 26.3 Å². The second kappa shape index (κ2) is 5.07. The van der Waals surface area contributed by atoms with Gasteiger partial charge < -0.3 is 10.5 Å². The van der Waals surface area contributed by atoms with E-state index < -0.39 is 34.1 Å². The molecule has 0 saturated heterocycles. The highest BCUT2D eigenvalue weighted by Gasteiger charge is 2.39. The smallest absolute Gasteiger partial charge is 0.404 e. The van der Waals surface area contributed by atoms with E-state index in [1.165, 1.54) is 0 Å². The first kappa shape index (κ1) is 15.3. The molecule has 0 bridgehead atoms. The monoisotopic (exact) mass is 386 g/mol. The maximum Gasteiger partial charge on any atom is 0.573 e. The van der Waals surface area contributed by atoms with Crippen LogP contribution in [0.15, 0.2) is 6.20 Å². The summed E-state index contributed by atoms with van der Waals surface area (Å²) >= 11 is 1.09. The minimum atomic E-state index is -5.10. The number of hydrogen-bond donors (Lipinski definition) is 1. The molecule has 1 rings (SSSR count). The van der Waals surface area contributed by atoms with Crippen LogP contribution in [0.2, 0.25) is 0 Å². The third kappa shape index (κ3) is 3.60. The second-order valence-corrected chi connectivity index (χ2v) is 4.10. The summed E-state index contributed by atoms with van der Waals surface area (Å²) in [5.74, 6) is -0.965. The van der Waals surface area contributed by atoms with E-state index in [4.69, 9.17) is 5.73 Å². The molecule has 0 fully saturated rings. The molecule has 2 N–H and O–H groups in total. The minimum absolute atomic E-state index is 0.260. The lowest BCUT2D eigenvalue weighted by atomic mass is 10.2. The van der Waals surface area contributed by atoms with Crippen LogP contribution in [0.3, 0.4) is 0 Å². The molecule has 0 aromatic carbocycles. The fraction of sp³-hybridized carbons (Fsp3) is 0.375. The van der Waals surface area contributed by atoms with Gasteiger partial charge in [0.15, 0.2) is 11.4 Å². The zero-order chi connectivity index (χ0) is 14.1. The number of rotatable bonds is 2. The molecular formula is C8H5F6IN2O. The molecule has 0 amide bonds. The summed E-state index contributed by atoms with van der Waals surface area (Å²) in [7, 11) is 0. The van der Waals surface area contributed by atoms with Crippen molar-refractivity contribution >= 4 is 22.6 Å². The minimum Gasteiger partial charge on any atom is -0.404 e. The fourth-order valence-corrected chi connectivity index (χ4v) is 1.98. The Hall–Kier alpha value is -0.780. The summed E-state index contributed by atoms with van der Waals surface area (Å²) in [5.41, 5.74) is 3.42. The van der Waals surface area contributed by atoms with E-state index in [1.807, 2.05) is 0 Å². The number of alkyl halides is 6. The van der Waals surface area contributed by atoms with Gasteiger partial charge in [-0.3, -0.25) is 4.98 Å². The first-order valence-electron chi connectivity index (χ1n) is 4.26. The van der Waals surface area contributed by atoms with Gasteiger partial charge in [0.2, 0.25) is 0 Å². The fourth-order valence-electron chi connectivity index (χ4n) is 1.08. The SMILES string of the molecule is NCc1cnc(C(F)(F)F)c(I)c1OC(F)(F)F. The van der Waals surface area contributed by atoms with Gasteiger partial charge in [-0.1, -0.05) is 0 Å². The topological polar surface area (TPSA) is 48.1 Å². The Kier molecular flexibility index (Phi) is 4.30. The number of nitrogens with zero attached hydrogens (tertiary/aromatic N) is 1. The van der Waals surface area contributed by atoms with Crippen LogP contribution in [0, 0.1) is 3.57 Å². The number of ether oxygens (including phenoxy) is 1. The predicted molar refractivity (Wildman–Crippen MR) is 56.5 cm³/mol. The van der Waals surface area contributed by atoms with Crippen molar-refractivity contribution in [3.05, 3.63) is 21.0 Å². The van der Waals surface area contributed by atoms with Crippen LogP contribution in [-0.2, 0) is 12.7 Å². The Balaban J connectivity index is 3.37. The van der Waals surface area contributed by atoms with Crippen molar-refractivity contribution in [2.45, 2.75) is 19.1 Å². The molecular weight excluding hydrogens is 381 g/mol. The highest BCUT2D eigenvalue weighted by Crippen LogP contribution is 2.38. The maximum absolute atomic E-state index is 12.5. The van der Waals surface area contributed by atoms with Crippen LogP contribution in [0.1, 0.15) is 11.3 Å². The van der Waals surface area contributed by atoms with Crippen molar-refractivity contribution in [2.24, 2.45) is 5.73 Å². The molecule has 0 radical (unpaired) electrons. The average Bonchev–Trinajstić information content (AvgIpc) is 2.17. The second-order valence-electron chi connectivity index (χ2n) is 3.02. The Morgan fingerprint density at radius 3 is 2.17 bits per heavy atom. The van der Waals surface area contributed by atoms with E-state index in [0.717, 1.165) is 22.6 Å². The molecule has 0 spiro atoms. The van der Waals surface area contributed by atoms with Crippen molar-refractivity contribution in [1.82, 2.24) is 4.98 Å². The van der Waals surface area contributed by atoms with E-state index in [9.17, 15) is 26.3 Å². The molecule has 10 heteroatoms. The van der Waals surface area contributed by atoms with E-state index in [1.54, 1.807) is 0 Å². The molecule has 1 heterocycles. The van der Waals surface area contributed by atoms with Gasteiger partial charge in [-0.2, -0.15) is 13.2 Å². The van der Waals surface area contributed by atoms with Gasteiger partial charge in [0.05, 0.1) is 3.57 Å². The lowest BCUT2D eigenvalue weighted by Crippen LogP contribution is -2.22. The van der Waals surface area contributed by atoms with Crippen molar-refractivity contribution in [3.63, 3.8) is 0 Å². The third-order valence-electron chi connectivity index (χ3n) is 1.75. The van der Waals surface area contributed by atoms with Crippen LogP contribution in [-0.4, -0.2) is 11.3 Å². The molecule has 3 nitrogen and oxygen atoms in total. The number of halogens is 7. The zero-order valence-corrected chi connectivity index (χ0v) is 10.5. The standard InChI is InChI=1S/C8H5F6IN2O/c9-7(10,11)6-4(15)5(18-8(12,13)14)3(1-16)2-17-6/h2H,1,16H2. The first-order valence-corrected chi connectivity index (χ1v) is 5.34. The summed E-state index contributed by atoms with van der Waals surface area (Å²) in [4.78, 5) is 3.05. The molecule has 0 saturated carbocycles. The van der Waals surface area contributed by atoms with E-state index in [0.29, 0.717) is 6.20 Å². The Morgan fingerprint density at radius 2 is 1.78 bits per heavy atom. The van der Waals surface area contributed by atoms with Crippen molar-refractivity contribution in [1.29, 1.82) is 0 Å². The average molecular weight is 386 g/mol. The predicted octanol–water partition coefficient (Wildman–Crippen LogP) is 3.06. The third-order valence-corrected chi connectivity index (χ3v) is 2.76. The highest BCUT2D eigenvalue weighted by atomic mass is 127. The summed E-state index contributed by atoms with van der Waals surface area (Å²) in [6.07, 6.45) is -9.35. The first-order chi connectivity index (χ1) is 8.06. The number of aromatic nitrogens is 1. The van der Waals surface area contributed by atoms with Gasteiger partial charge in [0, 0.05) is 18.3 Å². The van der Waals surface area contributed by atoms with E-state index >= 15 is 0 Å². The molecule has 18 heavy (non-hydrogen) atoms. The highest BCUT2D eigenvalue weighted by molar-refractivity contribution is 14.1. The van der Waals surface area contributed by atoms with E-state index in [-0.39, 0.29) is 5.56 Å². The zero-order valence-electron chi connectivity index (χ0n) is 8.36. The molecule has 1 aromatic rings. The summed E-state index contributed by atoms with van der Waals surface area (Å²) in [5, 5.41) is 0.